The molecule has 9 heteroatoms. The van der Waals surface area contributed by atoms with Crippen LogP contribution in [0.3, 0.4) is 0 Å². The van der Waals surface area contributed by atoms with Gasteiger partial charge >= 0.3 is 5.69 Å². The second kappa shape index (κ2) is 8.40. The number of nitrogens with one attached hydrogen (secondary N) is 1. The van der Waals surface area contributed by atoms with Crippen molar-refractivity contribution in [2.45, 2.75) is 20.4 Å². The van der Waals surface area contributed by atoms with Gasteiger partial charge in [-0.3, -0.25) is 14.2 Å². The van der Waals surface area contributed by atoms with Gasteiger partial charge < -0.3 is 5.32 Å². The van der Waals surface area contributed by atoms with E-state index in [9.17, 15) is 18.8 Å². The third-order valence-corrected chi connectivity index (χ3v) is 4.48. The number of hydrogen-bond acceptors (Lipinski definition) is 4. The van der Waals surface area contributed by atoms with Crippen LogP contribution in [0.4, 0.5) is 4.39 Å². The molecule has 0 atom stereocenters. The zero-order valence-corrected chi connectivity index (χ0v) is 16.5. The zero-order chi connectivity index (χ0) is 21.1. The maximum absolute atomic E-state index is 14.0. The molecule has 1 N–H and O–H groups in total. The lowest BCUT2D eigenvalue weighted by atomic mass is 10.2. The van der Waals surface area contributed by atoms with Crippen molar-refractivity contribution >= 4 is 17.5 Å². The van der Waals surface area contributed by atoms with Gasteiger partial charge in [-0.15, -0.1) is 0 Å². The first-order valence-electron chi connectivity index (χ1n) is 8.85. The smallest absolute Gasteiger partial charge is 0.351 e. The maximum atomic E-state index is 14.0. The Hall–Kier alpha value is -3.26. The molecule has 150 valence electrons. The van der Waals surface area contributed by atoms with Gasteiger partial charge in [-0.2, -0.15) is 9.78 Å². The van der Waals surface area contributed by atoms with Crippen LogP contribution < -0.4 is 16.6 Å². The van der Waals surface area contributed by atoms with Crippen LogP contribution in [0.5, 0.6) is 0 Å². The van der Waals surface area contributed by atoms with Crippen LogP contribution in [0.15, 0.2) is 52.1 Å². The molecule has 1 amide bonds. The number of amides is 1. The number of benzene rings is 2. The van der Waals surface area contributed by atoms with E-state index in [-0.39, 0.29) is 18.8 Å². The lowest BCUT2D eigenvalue weighted by molar-refractivity contribution is 0.0946. The molecule has 0 spiro atoms. The summed E-state index contributed by atoms with van der Waals surface area (Å²) in [6, 6.07) is 10.7. The van der Waals surface area contributed by atoms with Crippen molar-refractivity contribution in [2.24, 2.45) is 0 Å². The molecule has 0 saturated heterocycles. The molecule has 0 fully saturated rings. The summed E-state index contributed by atoms with van der Waals surface area (Å²) in [5.41, 5.74) is -1.03. The molecule has 1 aromatic heterocycles. The summed E-state index contributed by atoms with van der Waals surface area (Å²) in [4.78, 5) is 38.1. The van der Waals surface area contributed by atoms with Crippen LogP contribution in [0, 0.1) is 12.7 Å². The average molecular weight is 417 g/mol. The number of halogens is 2. The zero-order valence-electron chi connectivity index (χ0n) is 15.8. The standard InChI is InChI=1S/C20H18ClFN4O3/c1-3-23-18(27)17-19(28)25(11-13-5-4-6-14(21)9-13)20(29)26(24-17)15-8-7-12(2)16(22)10-15/h4-10H,3,11H2,1-2H3,(H,23,27). The van der Waals surface area contributed by atoms with Crippen molar-refractivity contribution in [1.29, 1.82) is 0 Å². The van der Waals surface area contributed by atoms with Crippen molar-refractivity contribution in [3.05, 3.63) is 91.0 Å². The molecule has 3 aromatic rings. The topological polar surface area (TPSA) is 86.0 Å². The second-order valence-corrected chi connectivity index (χ2v) is 6.79. The Morgan fingerprint density at radius 3 is 2.62 bits per heavy atom. The van der Waals surface area contributed by atoms with E-state index in [4.69, 9.17) is 11.6 Å². The van der Waals surface area contributed by atoms with Gasteiger partial charge in [0.15, 0.2) is 0 Å². The first-order valence-corrected chi connectivity index (χ1v) is 9.23. The van der Waals surface area contributed by atoms with E-state index >= 15 is 0 Å². The number of carbonyl (C=O) groups excluding carboxylic acids is 1. The van der Waals surface area contributed by atoms with Gasteiger partial charge in [0, 0.05) is 17.6 Å². The highest BCUT2D eigenvalue weighted by molar-refractivity contribution is 6.30. The minimum Gasteiger partial charge on any atom is -0.351 e. The van der Waals surface area contributed by atoms with E-state index in [0.717, 1.165) is 15.3 Å². The van der Waals surface area contributed by atoms with Crippen molar-refractivity contribution in [2.75, 3.05) is 6.54 Å². The molecule has 2 aromatic carbocycles. The van der Waals surface area contributed by atoms with Crippen LogP contribution in [0.1, 0.15) is 28.5 Å². The summed E-state index contributed by atoms with van der Waals surface area (Å²) in [5.74, 6) is -1.26. The number of rotatable bonds is 5. The minimum absolute atomic E-state index is 0.100. The first-order chi connectivity index (χ1) is 13.8. The summed E-state index contributed by atoms with van der Waals surface area (Å²) in [5, 5.41) is 6.85. The Morgan fingerprint density at radius 2 is 1.97 bits per heavy atom. The molecule has 0 saturated carbocycles. The van der Waals surface area contributed by atoms with Gasteiger partial charge in [0.05, 0.1) is 12.2 Å². The molecule has 3 rings (SSSR count). The molecule has 0 aliphatic heterocycles. The van der Waals surface area contributed by atoms with Gasteiger partial charge in [0.1, 0.15) is 5.82 Å². The summed E-state index contributed by atoms with van der Waals surface area (Å²) >= 11 is 5.98. The van der Waals surface area contributed by atoms with Crippen LogP contribution in [-0.4, -0.2) is 26.8 Å². The van der Waals surface area contributed by atoms with Crippen molar-refractivity contribution < 1.29 is 9.18 Å². The lowest BCUT2D eigenvalue weighted by Gasteiger charge is -2.12. The Bertz CT molecular complexity index is 1200. The van der Waals surface area contributed by atoms with Crippen molar-refractivity contribution in [1.82, 2.24) is 19.7 Å². The fourth-order valence-electron chi connectivity index (χ4n) is 2.74. The molecule has 0 radical (unpaired) electrons. The Labute approximate surface area is 170 Å². The average Bonchev–Trinajstić information content (AvgIpc) is 2.68. The maximum Gasteiger partial charge on any atom is 0.352 e. The van der Waals surface area contributed by atoms with Crippen molar-refractivity contribution in [3.63, 3.8) is 0 Å². The molecular formula is C20H18ClFN4O3. The highest BCUT2D eigenvalue weighted by Crippen LogP contribution is 2.12. The Morgan fingerprint density at radius 1 is 1.21 bits per heavy atom. The largest absolute Gasteiger partial charge is 0.352 e. The summed E-state index contributed by atoms with van der Waals surface area (Å²) in [6.45, 7) is 3.41. The van der Waals surface area contributed by atoms with Gasteiger partial charge in [-0.1, -0.05) is 29.8 Å². The van der Waals surface area contributed by atoms with E-state index in [0.29, 0.717) is 16.1 Å². The molecule has 0 unspecified atom stereocenters. The Kier molecular flexibility index (Phi) is 5.93. The van der Waals surface area contributed by atoms with E-state index in [1.807, 2.05) is 0 Å². The third-order valence-electron chi connectivity index (χ3n) is 4.24. The summed E-state index contributed by atoms with van der Waals surface area (Å²) in [6.07, 6.45) is 0. The lowest BCUT2D eigenvalue weighted by Crippen LogP contribution is -2.46. The van der Waals surface area contributed by atoms with Crippen LogP contribution in [0.2, 0.25) is 5.02 Å². The number of nitrogens with zero attached hydrogens (tertiary/aromatic N) is 3. The van der Waals surface area contributed by atoms with E-state index in [1.165, 1.54) is 12.1 Å². The molecular weight excluding hydrogens is 399 g/mol. The first kappa shape index (κ1) is 20.5. The molecule has 7 nitrogen and oxygen atoms in total. The predicted octanol–water partition coefficient (Wildman–Crippen LogP) is 2.29. The number of carbonyl (C=O) groups is 1. The predicted molar refractivity (Wildman–Crippen MR) is 107 cm³/mol. The normalized spacial score (nSPS) is 10.8. The molecule has 0 aliphatic rings. The third kappa shape index (κ3) is 4.27. The molecule has 0 aliphatic carbocycles. The minimum atomic E-state index is -0.843. The highest BCUT2D eigenvalue weighted by Gasteiger charge is 2.20. The van der Waals surface area contributed by atoms with E-state index < -0.39 is 28.7 Å². The SMILES string of the molecule is CCNC(=O)c1nn(-c2ccc(C)c(F)c2)c(=O)n(Cc2cccc(Cl)c2)c1=O. The molecule has 0 bridgehead atoms. The van der Waals surface area contributed by atoms with Gasteiger partial charge in [-0.05, 0) is 43.2 Å². The number of hydrogen-bond donors (Lipinski definition) is 1. The summed E-state index contributed by atoms with van der Waals surface area (Å²) < 4.78 is 15.8. The fraction of sp³-hybridized carbons (Fsp3) is 0.200. The Balaban J connectivity index is 2.24. The van der Waals surface area contributed by atoms with Crippen LogP contribution >= 0.6 is 11.6 Å². The fourth-order valence-corrected chi connectivity index (χ4v) is 2.95. The number of aryl methyl sites for hydroxylation is 1. The second-order valence-electron chi connectivity index (χ2n) is 6.36. The van der Waals surface area contributed by atoms with Crippen LogP contribution in [-0.2, 0) is 6.54 Å². The summed E-state index contributed by atoms with van der Waals surface area (Å²) in [7, 11) is 0. The van der Waals surface area contributed by atoms with Crippen molar-refractivity contribution in [3.8, 4) is 5.69 Å². The molecule has 1 heterocycles. The highest BCUT2D eigenvalue weighted by atomic mass is 35.5. The quantitative estimate of drug-likeness (QED) is 0.691. The van der Waals surface area contributed by atoms with Crippen LogP contribution in [0.25, 0.3) is 5.69 Å². The molecule has 29 heavy (non-hydrogen) atoms. The van der Waals surface area contributed by atoms with E-state index in [2.05, 4.69) is 10.4 Å². The van der Waals surface area contributed by atoms with E-state index in [1.54, 1.807) is 38.1 Å². The van der Waals surface area contributed by atoms with Gasteiger partial charge in [0.25, 0.3) is 11.5 Å². The van der Waals surface area contributed by atoms with Gasteiger partial charge in [0.2, 0.25) is 5.69 Å². The number of aromatic nitrogens is 3. The van der Waals surface area contributed by atoms with Gasteiger partial charge in [-0.25, -0.2) is 9.18 Å². The monoisotopic (exact) mass is 416 g/mol.